The lowest BCUT2D eigenvalue weighted by Crippen LogP contribution is -2.40. The van der Waals surface area contributed by atoms with Crippen molar-refractivity contribution in [3.8, 4) is 0 Å². The Morgan fingerprint density at radius 2 is 2.32 bits per heavy atom. The number of halogens is 1. The summed E-state index contributed by atoms with van der Waals surface area (Å²) in [5.41, 5.74) is 0.315. The number of hydrogen-bond acceptors (Lipinski definition) is 3. The summed E-state index contributed by atoms with van der Waals surface area (Å²) in [6.07, 6.45) is 4.06. The highest BCUT2D eigenvalue weighted by atomic mass is 19.1. The minimum Gasteiger partial charge on any atom is -0.372 e. The van der Waals surface area contributed by atoms with Crippen molar-refractivity contribution in [2.75, 3.05) is 12.4 Å². The molecule has 2 rings (SSSR count). The molecule has 1 N–H and O–H groups in total. The van der Waals surface area contributed by atoms with Crippen LogP contribution in [0, 0.1) is 5.82 Å². The Morgan fingerprint density at radius 3 is 2.95 bits per heavy atom. The Balaban J connectivity index is 2.35. The molecule has 0 aliphatic carbocycles. The first-order valence-corrected chi connectivity index (χ1v) is 6.74. The summed E-state index contributed by atoms with van der Waals surface area (Å²) >= 11 is 0. The second-order valence-corrected chi connectivity index (χ2v) is 5.00. The summed E-state index contributed by atoms with van der Waals surface area (Å²) < 4.78 is 13.3. The number of nitrogens with one attached hydrogen (secondary N) is 1. The molecule has 2 atom stereocenters. The smallest absolute Gasteiger partial charge is 0.258 e. The van der Waals surface area contributed by atoms with Gasteiger partial charge in [0.05, 0.1) is 11.8 Å². The lowest BCUT2D eigenvalue weighted by Gasteiger charge is -2.28. The largest absolute Gasteiger partial charge is 0.372 e. The average molecular weight is 265 g/mol. The molecule has 19 heavy (non-hydrogen) atoms. The van der Waals surface area contributed by atoms with Gasteiger partial charge in [0.2, 0.25) is 0 Å². The van der Waals surface area contributed by atoms with E-state index in [1.807, 2.05) is 11.8 Å². The number of hydrogen-bond donors (Lipinski definition) is 1. The third kappa shape index (κ3) is 2.55. The maximum absolute atomic E-state index is 13.3. The van der Waals surface area contributed by atoms with Crippen molar-refractivity contribution < 1.29 is 9.18 Å². The molecule has 0 bridgehead atoms. The first-order chi connectivity index (χ1) is 9.08. The predicted octanol–water partition coefficient (Wildman–Crippen LogP) is 2.67. The number of nitrogens with zero attached hydrogens (tertiary/aromatic N) is 2. The van der Waals surface area contributed by atoms with Crippen LogP contribution < -0.4 is 5.32 Å². The first-order valence-electron chi connectivity index (χ1n) is 6.74. The summed E-state index contributed by atoms with van der Waals surface area (Å²) in [6, 6.07) is 1.71. The Kier molecular flexibility index (Phi) is 4.02. The highest BCUT2D eigenvalue weighted by molar-refractivity contribution is 5.99. The van der Waals surface area contributed by atoms with E-state index >= 15 is 0 Å². The van der Waals surface area contributed by atoms with Crippen molar-refractivity contribution in [1.82, 2.24) is 9.88 Å². The van der Waals surface area contributed by atoms with Gasteiger partial charge in [-0.2, -0.15) is 0 Å². The van der Waals surface area contributed by atoms with Gasteiger partial charge in [0.1, 0.15) is 11.6 Å². The van der Waals surface area contributed by atoms with Crippen molar-refractivity contribution in [3.63, 3.8) is 0 Å². The van der Waals surface area contributed by atoms with Crippen LogP contribution in [-0.4, -0.2) is 34.9 Å². The topological polar surface area (TPSA) is 45.2 Å². The Morgan fingerprint density at radius 1 is 1.58 bits per heavy atom. The van der Waals surface area contributed by atoms with E-state index in [1.165, 1.54) is 6.07 Å². The second-order valence-electron chi connectivity index (χ2n) is 5.00. The highest BCUT2D eigenvalue weighted by Crippen LogP contribution is 2.29. The molecule has 1 amide bonds. The Hall–Kier alpha value is -1.65. The van der Waals surface area contributed by atoms with Crippen LogP contribution >= 0.6 is 0 Å². The Bertz CT molecular complexity index is 478. The van der Waals surface area contributed by atoms with E-state index < -0.39 is 5.82 Å². The van der Waals surface area contributed by atoms with E-state index in [-0.39, 0.29) is 18.0 Å². The number of carbonyl (C=O) groups is 1. The number of aromatic nitrogens is 1. The van der Waals surface area contributed by atoms with E-state index in [0.717, 1.165) is 25.5 Å². The van der Waals surface area contributed by atoms with E-state index in [9.17, 15) is 9.18 Å². The number of amides is 1. The van der Waals surface area contributed by atoms with Gasteiger partial charge in [0, 0.05) is 19.1 Å². The molecule has 4 nitrogen and oxygen atoms in total. The van der Waals surface area contributed by atoms with Gasteiger partial charge in [0.15, 0.2) is 0 Å². The summed E-state index contributed by atoms with van der Waals surface area (Å²) in [7, 11) is 1.68. The fourth-order valence-corrected chi connectivity index (χ4v) is 2.78. The second kappa shape index (κ2) is 5.55. The summed E-state index contributed by atoms with van der Waals surface area (Å²) in [4.78, 5) is 18.4. The van der Waals surface area contributed by atoms with Crippen LogP contribution in [0.2, 0.25) is 0 Å². The van der Waals surface area contributed by atoms with Crippen LogP contribution in [0.3, 0.4) is 0 Å². The maximum Gasteiger partial charge on any atom is 0.258 e. The van der Waals surface area contributed by atoms with Crippen LogP contribution in [0.25, 0.3) is 0 Å². The van der Waals surface area contributed by atoms with Gasteiger partial charge in [-0.05, 0) is 32.3 Å². The molecule has 5 heteroatoms. The molecule has 1 fully saturated rings. The van der Waals surface area contributed by atoms with Crippen molar-refractivity contribution in [1.29, 1.82) is 0 Å². The molecule has 1 aliphatic heterocycles. The molecular formula is C14H20FN3O. The first kappa shape index (κ1) is 13.8. The number of rotatable bonds is 3. The number of carbonyl (C=O) groups excluding carboxylic acids is 1. The molecule has 104 valence electrons. The van der Waals surface area contributed by atoms with Gasteiger partial charge in [-0.3, -0.25) is 4.79 Å². The average Bonchev–Trinajstić information content (AvgIpc) is 2.79. The molecule has 2 heterocycles. The van der Waals surface area contributed by atoms with Gasteiger partial charge in [-0.25, -0.2) is 9.37 Å². The van der Waals surface area contributed by atoms with Crippen LogP contribution in [0.5, 0.6) is 0 Å². The molecule has 1 aromatic rings. The molecule has 2 unspecified atom stereocenters. The zero-order valence-corrected chi connectivity index (χ0v) is 11.6. The van der Waals surface area contributed by atoms with Gasteiger partial charge < -0.3 is 10.2 Å². The standard InChI is InChI=1S/C14H20FN3O/c1-4-11-6-5-9(2)18(11)14(19)12-7-10(15)8-17-13(12)16-3/h7-9,11H,4-6H2,1-3H3,(H,16,17). The van der Waals surface area contributed by atoms with Crippen LogP contribution in [0.4, 0.5) is 10.2 Å². The zero-order valence-electron chi connectivity index (χ0n) is 11.6. The molecular weight excluding hydrogens is 245 g/mol. The molecule has 0 aromatic carbocycles. The van der Waals surface area contributed by atoms with E-state index in [2.05, 4.69) is 17.2 Å². The highest BCUT2D eigenvalue weighted by Gasteiger charge is 2.34. The number of likely N-dealkylation sites (tertiary alicyclic amines) is 1. The van der Waals surface area contributed by atoms with Gasteiger partial charge >= 0.3 is 0 Å². The fraction of sp³-hybridized carbons (Fsp3) is 0.571. The lowest BCUT2D eigenvalue weighted by atomic mass is 10.1. The summed E-state index contributed by atoms with van der Waals surface area (Å²) in [5, 5.41) is 2.85. The Labute approximate surface area is 113 Å². The van der Waals surface area contributed by atoms with Crippen LogP contribution in [0.15, 0.2) is 12.3 Å². The monoisotopic (exact) mass is 265 g/mol. The SMILES string of the molecule is CCC1CCC(C)N1C(=O)c1cc(F)cnc1NC. The third-order valence-corrected chi connectivity index (χ3v) is 3.81. The summed E-state index contributed by atoms with van der Waals surface area (Å²) in [6.45, 7) is 4.12. The van der Waals surface area contributed by atoms with E-state index in [0.29, 0.717) is 11.4 Å². The quantitative estimate of drug-likeness (QED) is 0.914. The normalized spacial score (nSPS) is 22.6. The van der Waals surface area contributed by atoms with E-state index in [4.69, 9.17) is 0 Å². The third-order valence-electron chi connectivity index (χ3n) is 3.81. The minimum absolute atomic E-state index is 0.131. The molecule has 1 aromatic heterocycles. The predicted molar refractivity (Wildman–Crippen MR) is 72.7 cm³/mol. The summed E-state index contributed by atoms with van der Waals surface area (Å²) in [5.74, 6) is -0.184. The lowest BCUT2D eigenvalue weighted by molar-refractivity contribution is 0.0676. The molecule has 0 spiro atoms. The van der Waals surface area contributed by atoms with Crippen molar-refractivity contribution in [2.24, 2.45) is 0 Å². The minimum atomic E-state index is -0.484. The van der Waals surface area contributed by atoms with Crippen LogP contribution in [0.1, 0.15) is 43.5 Å². The zero-order chi connectivity index (χ0) is 14.0. The number of anilines is 1. The van der Waals surface area contributed by atoms with Crippen molar-refractivity contribution >= 4 is 11.7 Å². The number of pyridine rings is 1. The maximum atomic E-state index is 13.3. The van der Waals surface area contributed by atoms with Gasteiger partial charge in [-0.1, -0.05) is 6.92 Å². The molecule has 0 radical (unpaired) electrons. The molecule has 1 aliphatic rings. The fourth-order valence-electron chi connectivity index (χ4n) is 2.78. The van der Waals surface area contributed by atoms with Crippen molar-refractivity contribution in [2.45, 2.75) is 45.2 Å². The molecule has 1 saturated heterocycles. The van der Waals surface area contributed by atoms with Gasteiger partial charge in [-0.15, -0.1) is 0 Å². The molecule has 0 saturated carbocycles. The van der Waals surface area contributed by atoms with Crippen LogP contribution in [-0.2, 0) is 0 Å². The van der Waals surface area contributed by atoms with E-state index in [1.54, 1.807) is 7.05 Å². The van der Waals surface area contributed by atoms with Gasteiger partial charge in [0.25, 0.3) is 5.91 Å². The van der Waals surface area contributed by atoms with Crippen molar-refractivity contribution in [3.05, 3.63) is 23.6 Å².